The topological polar surface area (TPSA) is 44.4 Å². The van der Waals surface area contributed by atoms with Gasteiger partial charge in [0.1, 0.15) is 5.82 Å². The van der Waals surface area contributed by atoms with E-state index in [9.17, 15) is 9.18 Å². The fourth-order valence-electron chi connectivity index (χ4n) is 2.33. The van der Waals surface area contributed by atoms with Gasteiger partial charge in [0.05, 0.1) is 0 Å². The first-order valence-electron chi connectivity index (χ1n) is 7.14. The Morgan fingerprint density at radius 2 is 2.15 bits per heavy atom. The van der Waals surface area contributed by atoms with E-state index in [4.69, 9.17) is 0 Å². The fourth-order valence-corrected chi connectivity index (χ4v) is 2.33. The molecule has 110 valence electrons. The maximum absolute atomic E-state index is 13.1. The molecule has 2 N–H and O–H groups in total. The lowest BCUT2D eigenvalue weighted by Crippen LogP contribution is -2.44. The lowest BCUT2D eigenvalue weighted by atomic mass is 10.1. The average Bonchev–Trinajstić information content (AvgIpc) is 2.47. The van der Waals surface area contributed by atoms with Crippen LogP contribution < -0.4 is 10.6 Å². The molecule has 4 nitrogen and oxygen atoms in total. The fraction of sp³-hybridized carbons (Fsp3) is 0.533. The third kappa shape index (κ3) is 4.28. The van der Waals surface area contributed by atoms with Crippen LogP contribution in [0.3, 0.4) is 0 Å². The minimum atomic E-state index is -0.278. The van der Waals surface area contributed by atoms with Gasteiger partial charge in [-0.2, -0.15) is 0 Å². The van der Waals surface area contributed by atoms with Crippen LogP contribution in [0.4, 0.5) is 4.39 Å². The van der Waals surface area contributed by atoms with Crippen molar-refractivity contribution in [2.75, 3.05) is 39.3 Å². The second-order valence-corrected chi connectivity index (χ2v) is 5.17. The molecule has 0 atom stereocenters. The summed E-state index contributed by atoms with van der Waals surface area (Å²) in [5.41, 5.74) is 1.02. The van der Waals surface area contributed by atoms with Gasteiger partial charge in [0, 0.05) is 38.3 Å². The Morgan fingerprint density at radius 1 is 1.40 bits per heavy atom. The highest BCUT2D eigenvalue weighted by atomic mass is 19.1. The lowest BCUT2D eigenvalue weighted by molar-refractivity contribution is 0.0951. The molecular formula is C15H22FN3O. The van der Waals surface area contributed by atoms with Crippen molar-refractivity contribution in [3.8, 4) is 0 Å². The van der Waals surface area contributed by atoms with Gasteiger partial charge in [0.15, 0.2) is 0 Å². The van der Waals surface area contributed by atoms with Crippen molar-refractivity contribution in [3.63, 3.8) is 0 Å². The number of halogens is 1. The summed E-state index contributed by atoms with van der Waals surface area (Å²) in [6.45, 7) is 7.55. The van der Waals surface area contributed by atoms with Crippen LogP contribution in [0.5, 0.6) is 0 Å². The number of rotatable bonds is 5. The Morgan fingerprint density at radius 3 is 2.85 bits per heavy atom. The van der Waals surface area contributed by atoms with Crippen molar-refractivity contribution in [2.45, 2.75) is 13.3 Å². The van der Waals surface area contributed by atoms with Gasteiger partial charge in [-0.05, 0) is 43.7 Å². The van der Waals surface area contributed by atoms with Crippen LogP contribution in [0.1, 0.15) is 22.3 Å². The minimum Gasteiger partial charge on any atom is -0.352 e. The van der Waals surface area contributed by atoms with Gasteiger partial charge >= 0.3 is 0 Å². The van der Waals surface area contributed by atoms with Crippen LogP contribution in [-0.4, -0.2) is 50.1 Å². The Kier molecular flexibility index (Phi) is 5.49. The first-order chi connectivity index (χ1) is 9.66. The first-order valence-corrected chi connectivity index (χ1v) is 7.14. The van der Waals surface area contributed by atoms with Crippen LogP contribution >= 0.6 is 0 Å². The van der Waals surface area contributed by atoms with E-state index in [0.717, 1.165) is 39.1 Å². The molecule has 1 amide bonds. The van der Waals surface area contributed by atoms with Gasteiger partial charge in [-0.15, -0.1) is 0 Å². The standard InChI is InChI=1S/C15H22FN3O/c1-12-11-13(3-4-14(12)16)15(20)18-5-2-8-19-9-6-17-7-10-19/h3-4,11,17H,2,5-10H2,1H3,(H,18,20). The van der Waals surface area contributed by atoms with Gasteiger partial charge in [0.25, 0.3) is 5.91 Å². The number of nitrogens with zero attached hydrogens (tertiary/aromatic N) is 1. The Hall–Kier alpha value is -1.46. The van der Waals surface area contributed by atoms with Gasteiger partial charge in [-0.25, -0.2) is 4.39 Å². The third-order valence-corrected chi connectivity index (χ3v) is 3.57. The van der Waals surface area contributed by atoms with E-state index >= 15 is 0 Å². The number of amides is 1. The SMILES string of the molecule is Cc1cc(C(=O)NCCCN2CCNCC2)ccc1F. The van der Waals surface area contributed by atoms with Gasteiger partial charge in [0.2, 0.25) is 0 Å². The van der Waals surface area contributed by atoms with E-state index in [1.807, 2.05) is 0 Å². The molecule has 0 bridgehead atoms. The number of carbonyl (C=O) groups is 1. The molecule has 1 fully saturated rings. The van der Waals surface area contributed by atoms with Gasteiger partial charge in [-0.3, -0.25) is 4.79 Å². The maximum Gasteiger partial charge on any atom is 0.251 e. The number of hydrogen-bond acceptors (Lipinski definition) is 3. The molecule has 20 heavy (non-hydrogen) atoms. The Bertz CT molecular complexity index is 458. The zero-order chi connectivity index (χ0) is 14.4. The summed E-state index contributed by atoms with van der Waals surface area (Å²) in [5, 5.41) is 6.19. The largest absolute Gasteiger partial charge is 0.352 e. The molecule has 1 aromatic carbocycles. The number of benzene rings is 1. The molecule has 1 aromatic rings. The summed E-state index contributed by atoms with van der Waals surface area (Å²) < 4.78 is 13.1. The smallest absolute Gasteiger partial charge is 0.251 e. The van der Waals surface area contributed by atoms with E-state index in [1.165, 1.54) is 12.1 Å². The van der Waals surface area contributed by atoms with Crippen molar-refractivity contribution in [1.29, 1.82) is 0 Å². The predicted molar refractivity (Wildman–Crippen MR) is 77.4 cm³/mol. The number of hydrogen-bond donors (Lipinski definition) is 2. The van der Waals surface area contributed by atoms with E-state index in [0.29, 0.717) is 17.7 Å². The molecule has 0 radical (unpaired) electrons. The zero-order valence-electron chi connectivity index (χ0n) is 11.9. The summed E-state index contributed by atoms with van der Waals surface area (Å²) in [4.78, 5) is 14.3. The molecule has 0 aromatic heterocycles. The first kappa shape index (κ1) is 14.9. The second-order valence-electron chi connectivity index (χ2n) is 5.17. The van der Waals surface area contributed by atoms with Crippen LogP contribution in [0, 0.1) is 12.7 Å². The third-order valence-electron chi connectivity index (χ3n) is 3.57. The molecule has 1 saturated heterocycles. The summed E-state index contributed by atoms with van der Waals surface area (Å²) in [7, 11) is 0. The highest BCUT2D eigenvalue weighted by Gasteiger charge is 2.10. The van der Waals surface area contributed by atoms with Crippen molar-refractivity contribution >= 4 is 5.91 Å². The summed E-state index contributed by atoms with van der Waals surface area (Å²) >= 11 is 0. The molecule has 5 heteroatoms. The zero-order valence-corrected chi connectivity index (χ0v) is 11.9. The molecule has 0 spiro atoms. The molecular weight excluding hydrogens is 257 g/mol. The second kappa shape index (κ2) is 7.36. The van der Waals surface area contributed by atoms with Crippen molar-refractivity contribution in [2.24, 2.45) is 0 Å². The molecule has 1 aliphatic rings. The highest BCUT2D eigenvalue weighted by molar-refractivity contribution is 5.94. The Labute approximate surface area is 119 Å². The molecule has 0 aliphatic carbocycles. The number of carbonyl (C=O) groups excluding carboxylic acids is 1. The molecule has 0 saturated carbocycles. The van der Waals surface area contributed by atoms with Crippen LogP contribution in [-0.2, 0) is 0 Å². The van der Waals surface area contributed by atoms with Crippen molar-refractivity contribution in [1.82, 2.24) is 15.5 Å². The minimum absolute atomic E-state index is 0.131. The summed E-state index contributed by atoms with van der Waals surface area (Å²) in [5.74, 6) is -0.409. The Balaban J connectivity index is 1.70. The van der Waals surface area contributed by atoms with E-state index in [2.05, 4.69) is 15.5 Å². The number of piperazine rings is 1. The monoisotopic (exact) mass is 279 g/mol. The van der Waals surface area contributed by atoms with Crippen LogP contribution in [0.15, 0.2) is 18.2 Å². The van der Waals surface area contributed by atoms with Crippen molar-refractivity contribution in [3.05, 3.63) is 35.1 Å². The lowest BCUT2D eigenvalue weighted by Gasteiger charge is -2.27. The average molecular weight is 279 g/mol. The predicted octanol–water partition coefficient (Wildman–Crippen LogP) is 1.16. The van der Waals surface area contributed by atoms with E-state index < -0.39 is 0 Å². The van der Waals surface area contributed by atoms with Gasteiger partial charge in [-0.1, -0.05) is 0 Å². The maximum atomic E-state index is 13.1. The van der Waals surface area contributed by atoms with Crippen molar-refractivity contribution < 1.29 is 9.18 Å². The summed E-state index contributed by atoms with van der Waals surface area (Å²) in [6.07, 6.45) is 0.936. The van der Waals surface area contributed by atoms with E-state index in [1.54, 1.807) is 13.0 Å². The molecule has 0 unspecified atom stereocenters. The van der Waals surface area contributed by atoms with Crippen LogP contribution in [0.2, 0.25) is 0 Å². The molecule has 1 aliphatic heterocycles. The van der Waals surface area contributed by atoms with Crippen LogP contribution in [0.25, 0.3) is 0 Å². The summed E-state index contributed by atoms with van der Waals surface area (Å²) in [6, 6.07) is 4.44. The molecule has 1 heterocycles. The quantitative estimate of drug-likeness (QED) is 0.795. The van der Waals surface area contributed by atoms with Gasteiger partial charge < -0.3 is 15.5 Å². The highest BCUT2D eigenvalue weighted by Crippen LogP contribution is 2.09. The molecule has 2 rings (SSSR count). The normalized spacial score (nSPS) is 16.1. The number of aryl methyl sites for hydroxylation is 1. The number of nitrogens with one attached hydrogen (secondary N) is 2. The van der Waals surface area contributed by atoms with E-state index in [-0.39, 0.29) is 11.7 Å².